The Hall–Kier alpha value is -2.10. The molecule has 0 atom stereocenters. The van der Waals surface area contributed by atoms with Crippen LogP contribution in [0.1, 0.15) is 26.3 Å². The van der Waals surface area contributed by atoms with E-state index in [0.29, 0.717) is 16.7 Å². The minimum absolute atomic E-state index is 0.140. The van der Waals surface area contributed by atoms with E-state index in [-0.39, 0.29) is 6.61 Å². The van der Waals surface area contributed by atoms with Crippen molar-refractivity contribution in [2.75, 3.05) is 13.7 Å². The van der Waals surface area contributed by atoms with Gasteiger partial charge in [-0.15, -0.1) is 0 Å². The molecule has 0 aliphatic carbocycles. The number of hydrogen-bond acceptors (Lipinski definition) is 4. The number of ether oxygens (including phenoxy) is 2. The molecule has 0 N–H and O–H groups in total. The first kappa shape index (κ1) is 13.0. The quantitative estimate of drug-likeness (QED) is 0.591. The SMILES string of the molecule is C=CCOC(=O)c1cccc(C(=O)OC)c1C. The fourth-order valence-corrected chi connectivity index (χ4v) is 1.40. The summed E-state index contributed by atoms with van der Waals surface area (Å²) in [5, 5.41) is 0. The number of hydrogen-bond donors (Lipinski definition) is 0. The van der Waals surface area contributed by atoms with E-state index in [1.807, 2.05) is 0 Å². The first-order valence-electron chi connectivity index (χ1n) is 5.07. The molecular formula is C13H14O4. The summed E-state index contributed by atoms with van der Waals surface area (Å²) in [7, 11) is 1.30. The molecule has 0 amide bonds. The van der Waals surface area contributed by atoms with Crippen LogP contribution >= 0.6 is 0 Å². The van der Waals surface area contributed by atoms with Crippen molar-refractivity contribution in [3.05, 3.63) is 47.5 Å². The summed E-state index contributed by atoms with van der Waals surface area (Å²) in [6.07, 6.45) is 1.48. The summed E-state index contributed by atoms with van der Waals surface area (Å²) in [5.74, 6) is -0.950. The standard InChI is InChI=1S/C13H14O4/c1-4-8-17-13(15)11-7-5-6-10(9(11)2)12(14)16-3/h4-7H,1,8H2,2-3H3. The molecule has 0 aliphatic heterocycles. The molecule has 4 nitrogen and oxygen atoms in total. The lowest BCUT2D eigenvalue weighted by molar-refractivity contribution is 0.0549. The summed E-state index contributed by atoms with van der Waals surface area (Å²) in [5.41, 5.74) is 1.27. The van der Waals surface area contributed by atoms with Crippen molar-refractivity contribution in [2.45, 2.75) is 6.92 Å². The number of methoxy groups -OCH3 is 1. The van der Waals surface area contributed by atoms with Crippen LogP contribution in [0.3, 0.4) is 0 Å². The van der Waals surface area contributed by atoms with Crippen molar-refractivity contribution < 1.29 is 19.1 Å². The molecule has 0 spiro atoms. The van der Waals surface area contributed by atoms with Gasteiger partial charge < -0.3 is 9.47 Å². The molecule has 0 aliphatic rings. The van der Waals surface area contributed by atoms with Gasteiger partial charge in [0.25, 0.3) is 0 Å². The topological polar surface area (TPSA) is 52.6 Å². The second-order valence-electron chi connectivity index (χ2n) is 3.36. The highest BCUT2D eigenvalue weighted by Crippen LogP contribution is 2.15. The Labute approximate surface area is 99.8 Å². The molecule has 0 aromatic heterocycles. The molecule has 1 aromatic carbocycles. The first-order valence-corrected chi connectivity index (χ1v) is 5.07. The van der Waals surface area contributed by atoms with Crippen LogP contribution in [0, 0.1) is 6.92 Å². The highest BCUT2D eigenvalue weighted by Gasteiger charge is 2.16. The van der Waals surface area contributed by atoms with Crippen molar-refractivity contribution in [1.29, 1.82) is 0 Å². The van der Waals surface area contributed by atoms with Crippen molar-refractivity contribution in [3.8, 4) is 0 Å². The maximum absolute atomic E-state index is 11.7. The predicted molar refractivity (Wildman–Crippen MR) is 63.0 cm³/mol. The van der Waals surface area contributed by atoms with E-state index in [9.17, 15) is 9.59 Å². The molecule has 0 fully saturated rings. The maximum atomic E-state index is 11.7. The summed E-state index contributed by atoms with van der Waals surface area (Å²) in [6.45, 7) is 5.27. The summed E-state index contributed by atoms with van der Waals surface area (Å²) < 4.78 is 9.54. The number of benzene rings is 1. The zero-order valence-electron chi connectivity index (χ0n) is 9.86. The third-order valence-electron chi connectivity index (χ3n) is 2.29. The van der Waals surface area contributed by atoms with Gasteiger partial charge in [-0.25, -0.2) is 9.59 Å². The first-order chi connectivity index (χ1) is 8.11. The Kier molecular flexibility index (Phi) is 4.46. The van der Waals surface area contributed by atoms with Crippen LogP contribution in [0.4, 0.5) is 0 Å². The van der Waals surface area contributed by atoms with Crippen molar-refractivity contribution in [3.63, 3.8) is 0 Å². The Morgan fingerprint density at radius 2 is 1.88 bits per heavy atom. The normalized spacial score (nSPS) is 9.53. The van der Waals surface area contributed by atoms with Crippen LogP contribution in [-0.2, 0) is 9.47 Å². The van der Waals surface area contributed by atoms with Gasteiger partial charge in [0.05, 0.1) is 18.2 Å². The largest absolute Gasteiger partial charge is 0.465 e. The number of carbonyl (C=O) groups excluding carboxylic acids is 2. The van der Waals surface area contributed by atoms with Gasteiger partial charge in [-0.2, -0.15) is 0 Å². The second-order valence-corrected chi connectivity index (χ2v) is 3.36. The molecule has 0 saturated carbocycles. The van der Waals surface area contributed by atoms with Crippen LogP contribution < -0.4 is 0 Å². The van der Waals surface area contributed by atoms with Crippen molar-refractivity contribution in [1.82, 2.24) is 0 Å². The highest BCUT2D eigenvalue weighted by atomic mass is 16.5. The minimum Gasteiger partial charge on any atom is -0.465 e. The maximum Gasteiger partial charge on any atom is 0.338 e. The monoisotopic (exact) mass is 234 g/mol. The number of rotatable bonds is 4. The molecule has 0 heterocycles. The fraction of sp³-hybridized carbons (Fsp3) is 0.231. The molecule has 1 aromatic rings. The van der Waals surface area contributed by atoms with Crippen molar-refractivity contribution in [2.24, 2.45) is 0 Å². The van der Waals surface area contributed by atoms with E-state index in [1.54, 1.807) is 25.1 Å². The Morgan fingerprint density at radius 3 is 2.41 bits per heavy atom. The molecule has 90 valence electrons. The third-order valence-corrected chi connectivity index (χ3v) is 2.29. The van der Waals surface area contributed by atoms with E-state index >= 15 is 0 Å². The smallest absolute Gasteiger partial charge is 0.338 e. The van der Waals surface area contributed by atoms with Crippen LogP contribution in [0.5, 0.6) is 0 Å². The van der Waals surface area contributed by atoms with Crippen molar-refractivity contribution >= 4 is 11.9 Å². The second kappa shape index (κ2) is 5.84. The summed E-state index contributed by atoms with van der Waals surface area (Å²) >= 11 is 0. The van der Waals surface area contributed by atoms with Gasteiger partial charge >= 0.3 is 11.9 Å². The third kappa shape index (κ3) is 2.93. The van der Waals surface area contributed by atoms with Gasteiger partial charge in [-0.05, 0) is 24.6 Å². The molecule has 0 saturated heterocycles. The predicted octanol–water partition coefficient (Wildman–Crippen LogP) is 2.12. The average molecular weight is 234 g/mol. The molecule has 0 radical (unpaired) electrons. The summed E-state index contributed by atoms with van der Waals surface area (Å²) in [4.78, 5) is 23.1. The lowest BCUT2D eigenvalue weighted by Gasteiger charge is -2.08. The Bertz CT molecular complexity index is 449. The van der Waals surface area contributed by atoms with E-state index in [4.69, 9.17) is 4.74 Å². The van der Waals surface area contributed by atoms with Gasteiger partial charge in [-0.1, -0.05) is 18.7 Å². The zero-order valence-corrected chi connectivity index (χ0v) is 9.86. The van der Waals surface area contributed by atoms with Gasteiger partial charge in [0, 0.05) is 0 Å². The fourth-order valence-electron chi connectivity index (χ4n) is 1.40. The number of esters is 2. The lowest BCUT2D eigenvalue weighted by atomic mass is 10.0. The lowest BCUT2D eigenvalue weighted by Crippen LogP contribution is -2.11. The van der Waals surface area contributed by atoms with Crippen LogP contribution in [0.25, 0.3) is 0 Å². The summed E-state index contributed by atoms with van der Waals surface area (Å²) in [6, 6.07) is 4.82. The molecular weight excluding hydrogens is 220 g/mol. The molecule has 0 bridgehead atoms. The molecule has 4 heteroatoms. The van der Waals surface area contributed by atoms with E-state index in [0.717, 1.165) is 0 Å². The Balaban J connectivity index is 3.05. The highest BCUT2D eigenvalue weighted by molar-refractivity contribution is 5.97. The van der Waals surface area contributed by atoms with E-state index < -0.39 is 11.9 Å². The number of carbonyl (C=O) groups is 2. The van der Waals surface area contributed by atoms with Gasteiger partial charge in [0.1, 0.15) is 6.61 Å². The molecule has 1 rings (SSSR count). The van der Waals surface area contributed by atoms with Gasteiger partial charge in [0.15, 0.2) is 0 Å². The van der Waals surface area contributed by atoms with Gasteiger partial charge in [-0.3, -0.25) is 0 Å². The van der Waals surface area contributed by atoms with Crippen LogP contribution in [0.2, 0.25) is 0 Å². The Morgan fingerprint density at radius 1 is 1.29 bits per heavy atom. The van der Waals surface area contributed by atoms with E-state index in [1.165, 1.54) is 13.2 Å². The molecule has 0 unspecified atom stereocenters. The van der Waals surface area contributed by atoms with Crippen LogP contribution in [-0.4, -0.2) is 25.7 Å². The zero-order chi connectivity index (χ0) is 12.8. The average Bonchev–Trinajstić information content (AvgIpc) is 2.35. The van der Waals surface area contributed by atoms with Gasteiger partial charge in [0.2, 0.25) is 0 Å². The van der Waals surface area contributed by atoms with Crippen LogP contribution in [0.15, 0.2) is 30.9 Å². The minimum atomic E-state index is -0.479. The molecule has 17 heavy (non-hydrogen) atoms. The van der Waals surface area contributed by atoms with E-state index in [2.05, 4.69) is 11.3 Å².